The Morgan fingerprint density at radius 2 is 2.12 bits per heavy atom. The second kappa shape index (κ2) is 6.57. The first kappa shape index (κ1) is 17.0. The van der Waals surface area contributed by atoms with Gasteiger partial charge in [0, 0.05) is 33.4 Å². The van der Waals surface area contributed by atoms with Crippen LogP contribution in [0.4, 0.5) is 5.82 Å². The monoisotopic (exact) mass is 344 g/mol. The van der Waals surface area contributed by atoms with Gasteiger partial charge in [-0.1, -0.05) is 0 Å². The van der Waals surface area contributed by atoms with Gasteiger partial charge in [0.15, 0.2) is 5.56 Å². The Balaban J connectivity index is 1.93. The lowest BCUT2D eigenvalue weighted by atomic mass is 10.2. The van der Waals surface area contributed by atoms with E-state index in [0.29, 0.717) is 32.1 Å². The van der Waals surface area contributed by atoms with Crippen molar-refractivity contribution in [2.45, 2.75) is 19.6 Å². The summed E-state index contributed by atoms with van der Waals surface area (Å²) in [6.07, 6.45) is 3.55. The molecule has 0 radical (unpaired) electrons. The highest BCUT2D eigenvalue weighted by Crippen LogP contribution is 2.19. The summed E-state index contributed by atoms with van der Waals surface area (Å²) in [6, 6.07) is 1.94. The average Bonchev–Trinajstić information content (AvgIpc) is 3.01. The minimum Gasteiger partial charge on any atom is -0.373 e. The molecule has 0 amide bonds. The first-order chi connectivity index (χ1) is 11.9. The largest absolute Gasteiger partial charge is 0.373 e. The van der Waals surface area contributed by atoms with Crippen LogP contribution in [-0.2, 0) is 25.4 Å². The van der Waals surface area contributed by atoms with Gasteiger partial charge in [0.05, 0.1) is 25.5 Å². The standard InChI is InChI=1S/C16H20N6O3/c1-11-7-18-22(8-11)10-12-9-21(4-5-25-12)14-13(6-17)15(23)20(3)16(24)19(14)2/h7-8,12H,4-5,9-10H2,1-3H3/t12-/m0/s1. The van der Waals surface area contributed by atoms with E-state index in [-0.39, 0.29) is 11.7 Å². The molecule has 132 valence electrons. The summed E-state index contributed by atoms with van der Waals surface area (Å²) < 4.78 is 9.89. The molecule has 25 heavy (non-hydrogen) atoms. The quantitative estimate of drug-likeness (QED) is 0.735. The SMILES string of the molecule is Cc1cnn(C[C@@H]2CN(c3c(C#N)c(=O)n(C)c(=O)n3C)CCO2)c1. The molecule has 0 bridgehead atoms. The predicted octanol–water partition coefficient (Wildman–Crippen LogP) is -0.634. The molecule has 3 rings (SSSR count). The molecule has 1 saturated heterocycles. The number of nitriles is 1. The fourth-order valence-electron chi connectivity index (χ4n) is 3.10. The van der Waals surface area contributed by atoms with Crippen molar-refractivity contribution in [3.63, 3.8) is 0 Å². The number of ether oxygens (including phenoxy) is 1. The Labute approximate surface area is 144 Å². The molecule has 1 aliphatic heterocycles. The van der Waals surface area contributed by atoms with Crippen molar-refractivity contribution in [3.8, 4) is 6.07 Å². The molecule has 1 atom stereocenters. The smallest absolute Gasteiger partial charge is 0.332 e. The van der Waals surface area contributed by atoms with Crippen LogP contribution in [0.3, 0.4) is 0 Å². The van der Waals surface area contributed by atoms with Gasteiger partial charge < -0.3 is 9.64 Å². The molecule has 9 heteroatoms. The normalized spacial score (nSPS) is 17.5. The number of morpholine rings is 1. The van der Waals surface area contributed by atoms with E-state index in [4.69, 9.17) is 4.74 Å². The van der Waals surface area contributed by atoms with E-state index in [1.807, 2.05) is 24.1 Å². The van der Waals surface area contributed by atoms with E-state index in [1.54, 1.807) is 17.9 Å². The van der Waals surface area contributed by atoms with E-state index in [9.17, 15) is 14.9 Å². The molecule has 0 saturated carbocycles. The van der Waals surface area contributed by atoms with Crippen LogP contribution in [0.5, 0.6) is 0 Å². The minimum absolute atomic E-state index is 0.0276. The highest BCUT2D eigenvalue weighted by molar-refractivity contribution is 5.53. The van der Waals surface area contributed by atoms with Crippen molar-refractivity contribution < 1.29 is 4.74 Å². The molecule has 0 unspecified atom stereocenters. The fourth-order valence-corrected chi connectivity index (χ4v) is 3.10. The Bertz CT molecular complexity index is 948. The van der Waals surface area contributed by atoms with Crippen LogP contribution in [0, 0.1) is 18.3 Å². The van der Waals surface area contributed by atoms with Crippen LogP contribution in [0.2, 0.25) is 0 Å². The molecule has 2 aromatic rings. The first-order valence-corrected chi connectivity index (χ1v) is 7.98. The van der Waals surface area contributed by atoms with Gasteiger partial charge in [0.2, 0.25) is 0 Å². The van der Waals surface area contributed by atoms with Crippen molar-refractivity contribution in [2.24, 2.45) is 14.1 Å². The molecule has 1 fully saturated rings. The van der Waals surface area contributed by atoms with E-state index >= 15 is 0 Å². The Morgan fingerprint density at radius 3 is 2.76 bits per heavy atom. The van der Waals surface area contributed by atoms with Crippen LogP contribution in [0.15, 0.2) is 22.0 Å². The Kier molecular flexibility index (Phi) is 4.46. The van der Waals surface area contributed by atoms with Crippen LogP contribution in [-0.4, -0.2) is 44.7 Å². The molecule has 0 spiro atoms. The fraction of sp³-hybridized carbons (Fsp3) is 0.500. The molecule has 2 aromatic heterocycles. The second-order valence-corrected chi connectivity index (χ2v) is 6.19. The maximum atomic E-state index is 12.3. The summed E-state index contributed by atoms with van der Waals surface area (Å²) in [5.41, 5.74) is 0.00431. The molecule has 0 N–H and O–H groups in total. The molecule has 3 heterocycles. The molecule has 0 aliphatic carbocycles. The number of anilines is 1. The van der Waals surface area contributed by atoms with Gasteiger partial charge in [-0.05, 0) is 12.5 Å². The summed E-state index contributed by atoms with van der Waals surface area (Å²) in [6.45, 7) is 3.94. The molecule has 1 aliphatic rings. The van der Waals surface area contributed by atoms with Crippen LogP contribution in [0.1, 0.15) is 11.1 Å². The zero-order chi connectivity index (χ0) is 18.1. The van der Waals surface area contributed by atoms with E-state index < -0.39 is 11.2 Å². The zero-order valence-corrected chi connectivity index (χ0v) is 14.5. The lowest BCUT2D eigenvalue weighted by molar-refractivity contribution is 0.0269. The Morgan fingerprint density at radius 1 is 1.36 bits per heavy atom. The summed E-state index contributed by atoms with van der Waals surface area (Å²) in [4.78, 5) is 26.4. The zero-order valence-electron chi connectivity index (χ0n) is 14.5. The van der Waals surface area contributed by atoms with Crippen LogP contribution in [0.25, 0.3) is 0 Å². The van der Waals surface area contributed by atoms with Gasteiger partial charge in [-0.15, -0.1) is 0 Å². The van der Waals surface area contributed by atoms with Gasteiger partial charge in [-0.2, -0.15) is 10.4 Å². The highest BCUT2D eigenvalue weighted by atomic mass is 16.5. The summed E-state index contributed by atoms with van der Waals surface area (Å²) in [5.74, 6) is 0.348. The summed E-state index contributed by atoms with van der Waals surface area (Å²) in [5, 5.41) is 13.7. The van der Waals surface area contributed by atoms with E-state index in [2.05, 4.69) is 5.10 Å². The molecular formula is C16H20N6O3. The van der Waals surface area contributed by atoms with Crippen molar-refractivity contribution >= 4 is 5.82 Å². The third-order valence-corrected chi connectivity index (χ3v) is 4.34. The summed E-state index contributed by atoms with van der Waals surface area (Å²) in [7, 11) is 2.94. The van der Waals surface area contributed by atoms with Gasteiger partial charge in [-0.3, -0.25) is 18.6 Å². The minimum atomic E-state index is -0.577. The number of hydrogen-bond donors (Lipinski definition) is 0. The number of nitrogens with zero attached hydrogens (tertiary/aromatic N) is 6. The number of aryl methyl sites for hydroxylation is 1. The summed E-state index contributed by atoms with van der Waals surface area (Å²) >= 11 is 0. The maximum absolute atomic E-state index is 12.3. The van der Waals surface area contributed by atoms with E-state index in [1.165, 1.54) is 11.6 Å². The van der Waals surface area contributed by atoms with Gasteiger partial charge in [0.1, 0.15) is 11.9 Å². The van der Waals surface area contributed by atoms with Crippen molar-refractivity contribution in [2.75, 3.05) is 24.6 Å². The Hall–Kier alpha value is -2.86. The van der Waals surface area contributed by atoms with Gasteiger partial charge >= 0.3 is 5.69 Å². The number of aromatic nitrogens is 4. The van der Waals surface area contributed by atoms with Crippen molar-refractivity contribution in [1.82, 2.24) is 18.9 Å². The number of rotatable bonds is 3. The third kappa shape index (κ3) is 3.08. The second-order valence-electron chi connectivity index (χ2n) is 6.19. The molecule has 0 aromatic carbocycles. The lowest BCUT2D eigenvalue weighted by Crippen LogP contribution is -2.49. The van der Waals surface area contributed by atoms with Gasteiger partial charge in [-0.25, -0.2) is 4.79 Å². The van der Waals surface area contributed by atoms with Crippen molar-refractivity contribution in [1.29, 1.82) is 5.26 Å². The first-order valence-electron chi connectivity index (χ1n) is 7.98. The average molecular weight is 344 g/mol. The maximum Gasteiger partial charge on any atom is 0.332 e. The van der Waals surface area contributed by atoms with Crippen LogP contribution < -0.4 is 16.1 Å². The van der Waals surface area contributed by atoms with E-state index in [0.717, 1.165) is 10.1 Å². The van der Waals surface area contributed by atoms with Gasteiger partial charge in [0.25, 0.3) is 5.56 Å². The lowest BCUT2D eigenvalue weighted by Gasteiger charge is -2.35. The van der Waals surface area contributed by atoms with Crippen molar-refractivity contribution in [3.05, 3.63) is 44.4 Å². The topological polar surface area (TPSA) is 98.1 Å². The highest BCUT2D eigenvalue weighted by Gasteiger charge is 2.27. The predicted molar refractivity (Wildman–Crippen MR) is 90.6 cm³/mol. The third-order valence-electron chi connectivity index (χ3n) is 4.34. The number of hydrogen-bond acceptors (Lipinski definition) is 6. The molecular weight excluding hydrogens is 324 g/mol. The molecule has 9 nitrogen and oxygen atoms in total. The van der Waals surface area contributed by atoms with Crippen LogP contribution >= 0.6 is 0 Å².